The van der Waals surface area contributed by atoms with Crippen LogP contribution in [0.2, 0.25) is 0 Å². The molecule has 3 atom stereocenters. The van der Waals surface area contributed by atoms with Gasteiger partial charge in [-0.25, -0.2) is 0 Å². The summed E-state index contributed by atoms with van der Waals surface area (Å²) >= 11 is 4.76. The van der Waals surface area contributed by atoms with Crippen molar-refractivity contribution < 1.29 is 9.59 Å². The van der Waals surface area contributed by atoms with Gasteiger partial charge in [-0.15, -0.1) is 10.2 Å². The number of hydrogen-bond donors (Lipinski definition) is 2. The summed E-state index contributed by atoms with van der Waals surface area (Å²) in [5.41, 5.74) is 0.565. The summed E-state index contributed by atoms with van der Waals surface area (Å²) in [6.45, 7) is 4.07. The first-order chi connectivity index (χ1) is 14.4. The lowest BCUT2D eigenvalue weighted by molar-refractivity contribution is -0.119. The quantitative estimate of drug-likeness (QED) is 0.571. The predicted molar refractivity (Wildman–Crippen MR) is 121 cm³/mol. The summed E-state index contributed by atoms with van der Waals surface area (Å²) in [5.74, 6) is 1.31. The van der Waals surface area contributed by atoms with Gasteiger partial charge in [0.2, 0.25) is 5.91 Å². The third kappa shape index (κ3) is 5.63. The number of rotatable bonds is 7. The molecule has 1 aromatic heterocycles. The smallest absolute Gasteiger partial charge is 0.253 e. The predicted octanol–water partition coefficient (Wildman–Crippen LogP) is 3.86. The Morgan fingerprint density at radius 3 is 2.73 bits per heavy atom. The van der Waals surface area contributed by atoms with E-state index in [0.29, 0.717) is 28.2 Å². The van der Waals surface area contributed by atoms with Gasteiger partial charge in [-0.05, 0) is 53.7 Å². The second-order valence-corrected chi connectivity index (χ2v) is 9.60. The highest BCUT2D eigenvalue weighted by molar-refractivity contribution is 9.10. The normalized spacial score (nSPS) is 19.9. The van der Waals surface area contributed by atoms with Crippen molar-refractivity contribution in [3.63, 3.8) is 0 Å². The molecule has 3 rings (SSSR count). The van der Waals surface area contributed by atoms with Crippen LogP contribution in [0.1, 0.15) is 61.8 Å². The Kier molecular flexibility index (Phi) is 7.93. The molecule has 0 aliphatic heterocycles. The lowest BCUT2D eigenvalue weighted by Crippen LogP contribution is -2.41. The van der Waals surface area contributed by atoms with Crippen LogP contribution >= 0.6 is 27.7 Å². The SMILES string of the molecule is C[C@@H](NC(=O)c1ccccc1Br)c1nnc(SCC(=O)N[C@H]2CCCC[C@@H]2C)n1C. The van der Waals surface area contributed by atoms with E-state index in [4.69, 9.17) is 0 Å². The van der Waals surface area contributed by atoms with Crippen molar-refractivity contribution in [2.45, 2.75) is 56.8 Å². The minimum absolute atomic E-state index is 0.0265. The third-order valence-electron chi connectivity index (χ3n) is 5.51. The van der Waals surface area contributed by atoms with Gasteiger partial charge in [-0.3, -0.25) is 9.59 Å². The molecule has 1 aromatic carbocycles. The zero-order valence-electron chi connectivity index (χ0n) is 17.5. The van der Waals surface area contributed by atoms with Gasteiger partial charge in [0.1, 0.15) is 0 Å². The summed E-state index contributed by atoms with van der Waals surface area (Å²) in [6.07, 6.45) is 4.66. The first-order valence-electron chi connectivity index (χ1n) is 10.2. The van der Waals surface area contributed by atoms with Gasteiger partial charge in [-0.2, -0.15) is 0 Å². The molecule has 2 N–H and O–H groups in total. The molecular formula is C21H28BrN5O2S. The number of nitrogens with one attached hydrogen (secondary N) is 2. The number of carbonyl (C=O) groups excluding carboxylic acids is 2. The van der Waals surface area contributed by atoms with Crippen molar-refractivity contribution in [1.29, 1.82) is 0 Å². The van der Waals surface area contributed by atoms with E-state index in [-0.39, 0.29) is 23.9 Å². The van der Waals surface area contributed by atoms with Gasteiger partial charge >= 0.3 is 0 Å². The molecule has 1 aliphatic rings. The number of benzene rings is 1. The second kappa shape index (κ2) is 10.4. The summed E-state index contributed by atoms with van der Waals surface area (Å²) in [4.78, 5) is 24.9. The van der Waals surface area contributed by atoms with Crippen LogP contribution in [0.3, 0.4) is 0 Å². The fraction of sp³-hybridized carbons (Fsp3) is 0.524. The zero-order chi connectivity index (χ0) is 21.7. The molecule has 0 spiro atoms. The molecule has 1 fully saturated rings. The van der Waals surface area contributed by atoms with E-state index < -0.39 is 0 Å². The maximum atomic E-state index is 12.5. The molecule has 0 unspecified atom stereocenters. The molecular weight excluding hydrogens is 466 g/mol. The Balaban J connectivity index is 1.55. The Morgan fingerprint density at radius 2 is 2.00 bits per heavy atom. The van der Waals surface area contributed by atoms with E-state index in [2.05, 4.69) is 43.7 Å². The van der Waals surface area contributed by atoms with Gasteiger partial charge in [0.15, 0.2) is 11.0 Å². The van der Waals surface area contributed by atoms with Crippen LogP contribution in [0.25, 0.3) is 0 Å². The summed E-state index contributed by atoms with van der Waals surface area (Å²) in [5, 5.41) is 15.2. The molecule has 1 aliphatic carbocycles. The van der Waals surface area contributed by atoms with Crippen molar-refractivity contribution in [2.24, 2.45) is 13.0 Å². The third-order valence-corrected chi connectivity index (χ3v) is 7.22. The first kappa shape index (κ1) is 22.8. The molecule has 2 aromatic rings. The number of thioether (sulfide) groups is 1. The summed E-state index contributed by atoms with van der Waals surface area (Å²) < 4.78 is 2.56. The highest BCUT2D eigenvalue weighted by Crippen LogP contribution is 2.24. The van der Waals surface area contributed by atoms with Crippen LogP contribution in [0.4, 0.5) is 0 Å². The number of halogens is 1. The lowest BCUT2D eigenvalue weighted by atomic mass is 9.86. The van der Waals surface area contributed by atoms with Crippen LogP contribution in [0.15, 0.2) is 33.9 Å². The van der Waals surface area contributed by atoms with Crippen molar-refractivity contribution in [3.8, 4) is 0 Å². The molecule has 0 saturated heterocycles. The van der Waals surface area contributed by atoms with E-state index >= 15 is 0 Å². The molecule has 9 heteroatoms. The number of carbonyl (C=O) groups is 2. The molecule has 2 amide bonds. The minimum Gasteiger partial charge on any atom is -0.352 e. The van der Waals surface area contributed by atoms with Crippen molar-refractivity contribution in [2.75, 3.05) is 5.75 Å². The standard InChI is InChI=1S/C21H28BrN5O2S/c1-13-8-4-7-11-17(13)24-18(28)12-30-21-26-25-19(27(21)3)14(2)23-20(29)15-9-5-6-10-16(15)22/h5-6,9-10,13-14,17H,4,7-8,11-12H2,1-3H3,(H,23,29)(H,24,28)/t13-,14+,17-/m0/s1. The lowest BCUT2D eigenvalue weighted by Gasteiger charge is -2.29. The Hall–Kier alpha value is -1.87. The summed E-state index contributed by atoms with van der Waals surface area (Å²) in [6, 6.07) is 7.22. The maximum Gasteiger partial charge on any atom is 0.253 e. The van der Waals surface area contributed by atoms with Crippen LogP contribution in [0, 0.1) is 5.92 Å². The van der Waals surface area contributed by atoms with Crippen molar-refractivity contribution in [1.82, 2.24) is 25.4 Å². The fourth-order valence-electron chi connectivity index (χ4n) is 3.72. The van der Waals surface area contributed by atoms with E-state index in [1.165, 1.54) is 31.0 Å². The zero-order valence-corrected chi connectivity index (χ0v) is 19.9. The first-order valence-corrected chi connectivity index (χ1v) is 12.0. The van der Waals surface area contributed by atoms with Gasteiger partial charge in [0.25, 0.3) is 5.91 Å². The van der Waals surface area contributed by atoms with E-state index in [1.807, 2.05) is 36.7 Å². The van der Waals surface area contributed by atoms with Crippen molar-refractivity contribution >= 4 is 39.5 Å². The maximum absolute atomic E-state index is 12.5. The number of hydrogen-bond acceptors (Lipinski definition) is 5. The Morgan fingerprint density at radius 1 is 1.27 bits per heavy atom. The minimum atomic E-state index is -0.326. The largest absolute Gasteiger partial charge is 0.352 e. The highest BCUT2D eigenvalue weighted by atomic mass is 79.9. The number of amides is 2. The van der Waals surface area contributed by atoms with E-state index in [1.54, 1.807) is 6.07 Å². The van der Waals surface area contributed by atoms with Gasteiger partial charge in [0, 0.05) is 17.6 Å². The molecule has 0 bridgehead atoms. The van der Waals surface area contributed by atoms with E-state index in [9.17, 15) is 9.59 Å². The summed E-state index contributed by atoms with van der Waals surface area (Å²) in [7, 11) is 1.85. The van der Waals surface area contributed by atoms with Crippen LogP contribution in [-0.2, 0) is 11.8 Å². The molecule has 0 radical (unpaired) electrons. The Bertz CT molecular complexity index is 903. The molecule has 1 heterocycles. The average molecular weight is 494 g/mol. The molecule has 30 heavy (non-hydrogen) atoms. The fourth-order valence-corrected chi connectivity index (χ4v) is 4.92. The Labute approximate surface area is 189 Å². The van der Waals surface area contributed by atoms with Gasteiger partial charge in [-0.1, -0.05) is 43.7 Å². The van der Waals surface area contributed by atoms with Gasteiger partial charge < -0.3 is 15.2 Å². The van der Waals surface area contributed by atoms with Crippen LogP contribution < -0.4 is 10.6 Å². The number of nitrogens with zero attached hydrogens (tertiary/aromatic N) is 3. The number of aromatic nitrogens is 3. The highest BCUT2D eigenvalue weighted by Gasteiger charge is 2.24. The second-order valence-electron chi connectivity index (χ2n) is 7.80. The molecule has 1 saturated carbocycles. The van der Waals surface area contributed by atoms with Crippen molar-refractivity contribution in [3.05, 3.63) is 40.1 Å². The molecule has 7 nitrogen and oxygen atoms in total. The van der Waals surface area contributed by atoms with Crippen LogP contribution in [-0.4, -0.2) is 38.4 Å². The van der Waals surface area contributed by atoms with Gasteiger partial charge in [0.05, 0.1) is 17.4 Å². The molecule has 162 valence electrons. The average Bonchev–Trinajstić information content (AvgIpc) is 3.09. The topological polar surface area (TPSA) is 88.9 Å². The van der Waals surface area contributed by atoms with E-state index in [0.717, 1.165) is 10.9 Å². The van der Waals surface area contributed by atoms with Crippen LogP contribution in [0.5, 0.6) is 0 Å². The monoisotopic (exact) mass is 493 g/mol.